The normalized spacial score (nSPS) is 13.1. The van der Waals surface area contributed by atoms with Crippen LogP contribution in [0.15, 0.2) is 0 Å². The van der Waals surface area contributed by atoms with E-state index >= 15 is 0 Å². The standard InChI is InChI=1S/C9H18N2O4/c1-6(7(12)13)11(5)8(14)10-15-9(2,3)4/h6H,1-5H3,(H,10,14)(H,12,13)/t6-/m0/s1. The van der Waals surface area contributed by atoms with E-state index in [0.717, 1.165) is 4.90 Å². The molecule has 15 heavy (non-hydrogen) atoms. The zero-order chi connectivity index (χ0) is 12.2. The second-order valence-corrected chi connectivity index (χ2v) is 4.25. The van der Waals surface area contributed by atoms with Gasteiger partial charge in [-0.2, -0.15) is 0 Å². The third kappa shape index (κ3) is 5.21. The highest BCUT2D eigenvalue weighted by Gasteiger charge is 2.23. The van der Waals surface area contributed by atoms with E-state index in [9.17, 15) is 9.59 Å². The molecular weight excluding hydrogens is 200 g/mol. The quantitative estimate of drug-likeness (QED) is 0.688. The van der Waals surface area contributed by atoms with Gasteiger partial charge in [0.2, 0.25) is 0 Å². The molecule has 0 aliphatic carbocycles. The number of nitrogens with one attached hydrogen (secondary N) is 1. The zero-order valence-corrected chi connectivity index (χ0v) is 9.70. The van der Waals surface area contributed by atoms with Gasteiger partial charge in [0.1, 0.15) is 6.04 Å². The second kappa shape index (κ2) is 4.97. The molecule has 0 saturated heterocycles. The number of hydroxylamine groups is 1. The molecule has 6 nitrogen and oxygen atoms in total. The van der Waals surface area contributed by atoms with E-state index in [1.54, 1.807) is 20.8 Å². The highest BCUT2D eigenvalue weighted by molar-refractivity contribution is 5.81. The molecule has 0 aromatic rings. The average molecular weight is 218 g/mol. The van der Waals surface area contributed by atoms with Crippen LogP contribution in [0.2, 0.25) is 0 Å². The number of amides is 2. The highest BCUT2D eigenvalue weighted by Crippen LogP contribution is 2.04. The summed E-state index contributed by atoms with van der Waals surface area (Å²) in [7, 11) is 1.39. The average Bonchev–Trinajstić information content (AvgIpc) is 2.10. The van der Waals surface area contributed by atoms with Gasteiger partial charge in [0.05, 0.1) is 5.60 Å². The summed E-state index contributed by atoms with van der Waals surface area (Å²) in [4.78, 5) is 28.0. The highest BCUT2D eigenvalue weighted by atomic mass is 16.7. The van der Waals surface area contributed by atoms with Crippen LogP contribution in [0.3, 0.4) is 0 Å². The number of hydrogen-bond donors (Lipinski definition) is 2. The fraction of sp³-hybridized carbons (Fsp3) is 0.778. The minimum Gasteiger partial charge on any atom is -0.480 e. The van der Waals surface area contributed by atoms with Gasteiger partial charge >= 0.3 is 12.0 Å². The molecule has 0 fully saturated rings. The van der Waals surface area contributed by atoms with Crippen molar-refractivity contribution in [2.24, 2.45) is 0 Å². The molecule has 0 aliphatic heterocycles. The molecule has 0 aromatic heterocycles. The smallest absolute Gasteiger partial charge is 0.341 e. The van der Waals surface area contributed by atoms with Crippen LogP contribution in [-0.2, 0) is 9.63 Å². The van der Waals surface area contributed by atoms with Crippen molar-refractivity contribution in [2.45, 2.75) is 39.3 Å². The van der Waals surface area contributed by atoms with Crippen molar-refractivity contribution in [1.29, 1.82) is 0 Å². The van der Waals surface area contributed by atoms with Crippen LogP contribution < -0.4 is 5.48 Å². The SMILES string of the molecule is C[C@@H](C(=O)O)N(C)C(=O)NOC(C)(C)C. The fourth-order valence-electron chi connectivity index (χ4n) is 0.610. The van der Waals surface area contributed by atoms with Crippen LogP contribution in [-0.4, -0.2) is 40.7 Å². The molecule has 6 heteroatoms. The zero-order valence-electron chi connectivity index (χ0n) is 9.70. The van der Waals surface area contributed by atoms with E-state index in [4.69, 9.17) is 9.94 Å². The molecule has 0 heterocycles. The minimum absolute atomic E-state index is 0.511. The van der Waals surface area contributed by atoms with Crippen LogP contribution in [0.5, 0.6) is 0 Å². The third-order valence-electron chi connectivity index (χ3n) is 1.70. The molecule has 88 valence electrons. The lowest BCUT2D eigenvalue weighted by Crippen LogP contribution is -2.47. The molecule has 1 atom stereocenters. The van der Waals surface area contributed by atoms with Gasteiger partial charge in [-0.1, -0.05) is 0 Å². The van der Waals surface area contributed by atoms with Crippen molar-refractivity contribution in [3.63, 3.8) is 0 Å². The maximum atomic E-state index is 11.4. The lowest BCUT2D eigenvalue weighted by Gasteiger charge is -2.25. The van der Waals surface area contributed by atoms with Crippen LogP contribution in [0, 0.1) is 0 Å². The molecule has 2 N–H and O–H groups in total. The summed E-state index contributed by atoms with van der Waals surface area (Å²) in [5, 5.41) is 8.67. The number of likely N-dealkylation sites (N-methyl/N-ethyl adjacent to an activating group) is 1. The molecule has 0 aliphatic rings. The first kappa shape index (κ1) is 13.7. The van der Waals surface area contributed by atoms with E-state index in [1.165, 1.54) is 14.0 Å². The van der Waals surface area contributed by atoms with Crippen molar-refractivity contribution in [2.75, 3.05) is 7.05 Å². The number of carboxylic acid groups (broad SMARTS) is 1. The Morgan fingerprint density at radius 3 is 2.20 bits per heavy atom. The number of aliphatic carboxylic acids is 1. The van der Waals surface area contributed by atoms with Crippen molar-refractivity contribution in [1.82, 2.24) is 10.4 Å². The minimum atomic E-state index is -1.07. The Kier molecular flexibility index (Phi) is 4.54. The van der Waals surface area contributed by atoms with Crippen molar-refractivity contribution >= 4 is 12.0 Å². The molecule has 0 spiro atoms. The summed E-state index contributed by atoms with van der Waals surface area (Å²) in [6, 6.07) is -1.48. The number of nitrogens with zero attached hydrogens (tertiary/aromatic N) is 1. The Labute approximate surface area is 89.2 Å². The Balaban J connectivity index is 4.17. The number of urea groups is 1. The molecule has 0 radical (unpaired) electrons. The summed E-state index contributed by atoms with van der Waals surface area (Å²) in [6.45, 7) is 6.73. The Morgan fingerprint density at radius 2 is 1.87 bits per heavy atom. The second-order valence-electron chi connectivity index (χ2n) is 4.25. The predicted octanol–water partition coefficient (Wildman–Crippen LogP) is 0.831. The number of carbonyl (C=O) groups is 2. The topological polar surface area (TPSA) is 78.9 Å². The van der Waals surface area contributed by atoms with Crippen molar-refractivity contribution in [3.05, 3.63) is 0 Å². The molecule has 0 aromatic carbocycles. The molecule has 0 unspecified atom stereocenters. The number of carboxylic acids is 1. The van der Waals surface area contributed by atoms with Gasteiger partial charge in [-0.3, -0.25) is 4.84 Å². The van der Waals surface area contributed by atoms with Crippen molar-refractivity contribution in [3.8, 4) is 0 Å². The van der Waals surface area contributed by atoms with Crippen LogP contribution in [0.25, 0.3) is 0 Å². The van der Waals surface area contributed by atoms with E-state index in [-0.39, 0.29) is 0 Å². The maximum Gasteiger partial charge on any atom is 0.341 e. The summed E-state index contributed by atoms with van der Waals surface area (Å²) < 4.78 is 0. The Bertz CT molecular complexity index is 247. The van der Waals surface area contributed by atoms with Crippen LogP contribution >= 0.6 is 0 Å². The largest absolute Gasteiger partial charge is 0.480 e. The monoisotopic (exact) mass is 218 g/mol. The van der Waals surface area contributed by atoms with Gasteiger partial charge in [-0.25, -0.2) is 15.1 Å². The summed E-state index contributed by atoms with van der Waals surface area (Å²) in [5.41, 5.74) is 1.67. The van der Waals surface area contributed by atoms with E-state index in [0.29, 0.717) is 0 Å². The number of carbonyl (C=O) groups excluding carboxylic acids is 1. The first-order chi connectivity index (χ1) is 6.65. The molecule has 0 rings (SSSR count). The lowest BCUT2D eigenvalue weighted by atomic mass is 10.2. The van der Waals surface area contributed by atoms with Gasteiger partial charge in [0.15, 0.2) is 0 Å². The predicted molar refractivity (Wildman–Crippen MR) is 54.2 cm³/mol. The first-order valence-corrected chi connectivity index (χ1v) is 4.59. The van der Waals surface area contributed by atoms with E-state index in [1.807, 2.05) is 0 Å². The third-order valence-corrected chi connectivity index (χ3v) is 1.70. The molecular formula is C9H18N2O4. The van der Waals surface area contributed by atoms with Crippen molar-refractivity contribution < 1.29 is 19.5 Å². The summed E-state index contributed by atoms with van der Waals surface area (Å²) >= 11 is 0. The lowest BCUT2D eigenvalue weighted by molar-refractivity contribution is -0.141. The van der Waals surface area contributed by atoms with Gasteiger partial charge in [0.25, 0.3) is 0 Å². The molecule has 2 amide bonds. The van der Waals surface area contributed by atoms with Gasteiger partial charge in [0, 0.05) is 7.05 Å². The van der Waals surface area contributed by atoms with Gasteiger partial charge in [-0.15, -0.1) is 0 Å². The first-order valence-electron chi connectivity index (χ1n) is 4.59. The van der Waals surface area contributed by atoms with Gasteiger partial charge < -0.3 is 10.0 Å². The van der Waals surface area contributed by atoms with E-state index < -0.39 is 23.6 Å². The summed E-state index contributed by atoms with van der Waals surface area (Å²) in [5.74, 6) is -1.07. The fourth-order valence-corrected chi connectivity index (χ4v) is 0.610. The Morgan fingerprint density at radius 1 is 1.40 bits per heavy atom. The van der Waals surface area contributed by atoms with E-state index in [2.05, 4.69) is 5.48 Å². The van der Waals surface area contributed by atoms with Crippen LogP contribution in [0.1, 0.15) is 27.7 Å². The van der Waals surface area contributed by atoms with Gasteiger partial charge in [-0.05, 0) is 27.7 Å². The number of rotatable bonds is 3. The molecule has 0 bridgehead atoms. The molecule has 0 saturated carbocycles. The summed E-state index contributed by atoms with van der Waals surface area (Å²) in [6.07, 6.45) is 0. The Hall–Kier alpha value is -1.30. The maximum absolute atomic E-state index is 11.4. The number of hydrogen-bond acceptors (Lipinski definition) is 3. The van der Waals surface area contributed by atoms with Crippen LogP contribution in [0.4, 0.5) is 4.79 Å².